The van der Waals surface area contributed by atoms with Crippen molar-refractivity contribution < 1.29 is 9.53 Å². The van der Waals surface area contributed by atoms with E-state index in [1.54, 1.807) is 0 Å². The Morgan fingerprint density at radius 3 is 3.23 bits per heavy atom. The van der Waals surface area contributed by atoms with E-state index in [1.807, 2.05) is 0 Å². The number of ether oxygens (including phenoxy) is 1. The first-order valence-corrected chi connectivity index (χ1v) is 4.18. The molecule has 70 valence electrons. The summed E-state index contributed by atoms with van der Waals surface area (Å²) in [6, 6.07) is 0. The molecule has 0 unspecified atom stereocenters. The van der Waals surface area contributed by atoms with Gasteiger partial charge in [-0.1, -0.05) is 0 Å². The maximum atomic E-state index is 11.2. The first kappa shape index (κ1) is 8.25. The van der Waals surface area contributed by atoms with Crippen LogP contribution in [-0.2, 0) is 17.7 Å². The molecule has 0 saturated heterocycles. The molecule has 0 aromatic carbocycles. The van der Waals surface area contributed by atoms with E-state index in [0.29, 0.717) is 12.2 Å². The second-order valence-corrected chi connectivity index (χ2v) is 2.95. The molecule has 0 amide bonds. The predicted octanol–water partition coefficient (Wildman–Crippen LogP) is -0.158. The molecule has 0 aliphatic carbocycles. The number of H-pyrrole nitrogens is 1. The summed E-state index contributed by atoms with van der Waals surface area (Å²) in [6.45, 7) is 1.62. The topological polar surface area (TPSA) is 67.0 Å². The van der Waals surface area contributed by atoms with Gasteiger partial charge >= 0.3 is 5.97 Å². The highest BCUT2D eigenvalue weighted by Crippen LogP contribution is 2.15. The van der Waals surface area contributed by atoms with Gasteiger partial charge in [-0.05, 0) is 0 Å². The zero-order chi connectivity index (χ0) is 9.26. The number of aromatic nitrogens is 2. The lowest BCUT2D eigenvalue weighted by Gasteiger charge is -2.11. The first-order valence-electron chi connectivity index (χ1n) is 4.18. The van der Waals surface area contributed by atoms with Crippen molar-refractivity contribution in [2.24, 2.45) is 0 Å². The molecule has 5 heteroatoms. The molecule has 0 fully saturated rings. The molecule has 2 N–H and O–H groups in total. The zero-order valence-corrected chi connectivity index (χ0v) is 7.39. The minimum absolute atomic E-state index is 0.374. The Bertz CT molecular complexity index is 332. The molecule has 0 radical (unpaired) electrons. The fraction of sp³-hybridized carbons (Fsp3) is 0.500. The maximum Gasteiger partial charge on any atom is 0.358 e. The number of nitrogens with zero attached hydrogens (tertiary/aromatic N) is 1. The largest absolute Gasteiger partial charge is 0.464 e. The summed E-state index contributed by atoms with van der Waals surface area (Å²) in [4.78, 5) is 11.2. The van der Waals surface area contributed by atoms with Crippen LogP contribution >= 0.6 is 0 Å². The minimum Gasteiger partial charge on any atom is -0.464 e. The molecule has 5 nitrogen and oxygen atoms in total. The minimum atomic E-state index is -0.374. The number of nitrogens with one attached hydrogen (secondary N) is 2. The Morgan fingerprint density at radius 1 is 1.62 bits per heavy atom. The number of carbonyl (C=O) groups is 1. The number of hydrogen-bond donors (Lipinski definition) is 2. The average Bonchev–Trinajstić information content (AvgIpc) is 2.60. The highest BCUT2D eigenvalue weighted by atomic mass is 16.5. The highest BCUT2D eigenvalue weighted by Gasteiger charge is 2.21. The summed E-state index contributed by atoms with van der Waals surface area (Å²) in [6.07, 6.45) is 0.888. The van der Waals surface area contributed by atoms with E-state index < -0.39 is 0 Å². The fourth-order valence-electron chi connectivity index (χ4n) is 1.49. The van der Waals surface area contributed by atoms with Crippen molar-refractivity contribution in [2.45, 2.75) is 13.0 Å². The number of methoxy groups -OCH3 is 1. The van der Waals surface area contributed by atoms with E-state index in [2.05, 4.69) is 20.3 Å². The number of hydrogen-bond acceptors (Lipinski definition) is 4. The number of aromatic amines is 1. The van der Waals surface area contributed by atoms with E-state index in [0.717, 1.165) is 24.2 Å². The lowest BCUT2D eigenvalue weighted by molar-refractivity contribution is 0.0592. The second kappa shape index (κ2) is 3.18. The van der Waals surface area contributed by atoms with Gasteiger partial charge in [0.25, 0.3) is 0 Å². The Balaban J connectivity index is 2.36. The Hall–Kier alpha value is -1.36. The normalized spacial score (nSPS) is 15.2. The van der Waals surface area contributed by atoms with Crippen LogP contribution in [0.3, 0.4) is 0 Å². The molecule has 0 bridgehead atoms. The predicted molar refractivity (Wildman–Crippen MR) is 45.3 cm³/mol. The smallest absolute Gasteiger partial charge is 0.358 e. The molecule has 0 atom stereocenters. The molecule has 0 saturated carbocycles. The van der Waals surface area contributed by atoms with Crippen LogP contribution in [0.5, 0.6) is 0 Å². The van der Waals surface area contributed by atoms with Gasteiger partial charge in [-0.2, -0.15) is 5.10 Å². The quantitative estimate of drug-likeness (QED) is 0.591. The third-order valence-corrected chi connectivity index (χ3v) is 2.19. The molecule has 1 aliphatic heterocycles. The summed E-state index contributed by atoms with van der Waals surface area (Å²) >= 11 is 0. The molecular formula is C8H11N3O2. The lowest BCUT2D eigenvalue weighted by Crippen LogP contribution is -2.24. The van der Waals surface area contributed by atoms with Gasteiger partial charge in [-0.15, -0.1) is 0 Å². The standard InChI is InChI=1S/C8H11N3O2/c1-13-8(12)7-5-4-9-3-2-6(5)10-11-7/h9H,2-4H2,1H3,(H,10,11). The first-order chi connectivity index (χ1) is 6.33. The van der Waals surface area contributed by atoms with Crippen LogP contribution in [0.1, 0.15) is 21.7 Å². The number of esters is 1. The third-order valence-electron chi connectivity index (χ3n) is 2.19. The van der Waals surface area contributed by atoms with Crippen LogP contribution in [-0.4, -0.2) is 29.8 Å². The van der Waals surface area contributed by atoms with E-state index in [1.165, 1.54) is 7.11 Å². The van der Waals surface area contributed by atoms with E-state index in [9.17, 15) is 4.79 Å². The Morgan fingerprint density at radius 2 is 2.46 bits per heavy atom. The van der Waals surface area contributed by atoms with E-state index >= 15 is 0 Å². The van der Waals surface area contributed by atoms with Crippen LogP contribution < -0.4 is 5.32 Å². The summed E-state index contributed by atoms with van der Waals surface area (Å²) in [5.41, 5.74) is 2.39. The Kier molecular flexibility index (Phi) is 2.02. The van der Waals surface area contributed by atoms with Crippen molar-refractivity contribution in [1.29, 1.82) is 0 Å². The van der Waals surface area contributed by atoms with Crippen LogP contribution in [0, 0.1) is 0 Å². The average molecular weight is 181 g/mol. The van der Waals surface area contributed by atoms with E-state index in [-0.39, 0.29) is 5.97 Å². The number of rotatable bonds is 1. The lowest BCUT2D eigenvalue weighted by atomic mass is 10.1. The van der Waals surface area contributed by atoms with Gasteiger partial charge in [0.05, 0.1) is 7.11 Å². The fourth-order valence-corrected chi connectivity index (χ4v) is 1.49. The Labute approximate surface area is 75.5 Å². The monoisotopic (exact) mass is 181 g/mol. The SMILES string of the molecule is COC(=O)c1n[nH]c2c1CNCC2. The van der Waals surface area contributed by atoms with Gasteiger partial charge in [0.1, 0.15) is 0 Å². The van der Waals surface area contributed by atoms with Gasteiger partial charge in [-0.25, -0.2) is 4.79 Å². The van der Waals surface area contributed by atoms with Gasteiger partial charge in [-0.3, -0.25) is 5.10 Å². The summed E-state index contributed by atoms with van der Waals surface area (Å²) < 4.78 is 4.61. The van der Waals surface area contributed by atoms with Crippen molar-refractivity contribution >= 4 is 5.97 Å². The van der Waals surface area contributed by atoms with Crippen LogP contribution in [0.25, 0.3) is 0 Å². The van der Waals surface area contributed by atoms with Crippen molar-refractivity contribution in [3.8, 4) is 0 Å². The summed E-state index contributed by atoms with van der Waals surface area (Å²) in [5.74, 6) is -0.374. The van der Waals surface area contributed by atoms with Crippen molar-refractivity contribution in [3.63, 3.8) is 0 Å². The highest BCUT2D eigenvalue weighted by molar-refractivity contribution is 5.89. The molecule has 2 heterocycles. The van der Waals surface area contributed by atoms with Crippen LogP contribution in [0.2, 0.25) is 0 Å². The van der Waals surface area contributed by atoms with Crippen molar-refractivity contribution in [3.05, 3.63) is 17.0 Å². The van der Waals surface area contributed by atoms with Crippen LogP contribution in [0.15, 0.2) is 0 Å². The number of carbonyl (C=O) groups excluding carboxylic acids is 1. The van der Waals surface area contributed by atoms with Crippen molar-refractivity contribution in [2.75, 3.05) is 13.7 Å². The summed E-state index contributed by atoms with van der Waals surface area (Å²) in [5, 5.41) is 9.96. The van der Waals surface area contributed by atoms with Gasteiger partial charge in [0.2, 0.25) is 0 Å². The number of fused-ring (bicyclic) bond motifs is 1. The molecular weight excluding hydrogens is 170 g/mol. The van der Waals surface area contributed by atoms with Gasteiger partial charge in [0.15, 0.2) is 5.69 Å². The summed E-state index contributed by atoms with van der Waals surface area (Å²) in [7, 11) is 1.36. The molecule has 2 rings (SSSR count). The third kappa shape index (κ3) is 1.31. The van der Waals surface area contributed by atoms with Gasteiger partial charge < -0.3 is 10.1 Å². The molecule has 13 heavy (non-hydrogen) atoms. The van der Waals surface area contributed by atoms with Gasteiger partial charge in [0, 0.05) is 30.8 Å². The zero-order valence-electron chi connectivity index (χ0n) is 7.39. The molecule has 1 aromatic rings. The van der Waals surface area contributed by atoms with Crippen molar-refractivity contribution in [1.82, 2.24) is 15.5 Å². The van der Waals surface area contributed by atoms with Crippen LogP contribution in [0.4, 0.5) is 0 Å². The molecule has 0 spiro atoms. The van der Waals surface area contributed by atoms with E-state index in [4.69, 9.17) is 0 Å². The second-order valence-electron chi connectivity index (χ2n) is 2.95. The molecule has 1 aliphatic rings. The molecule has 1 aromatic heterocycles. The maximum absolute atomic E-state index is 11.2.